The van der Waals surface area contributed by atoms with E-state index >= 15 is 0 Å². The van der Waals surface area contributed by atoms with Gasteiger partial charge in [0.05, 0.1) is 17.4 Å². The Bertz CT molecular complexity index is 373. The van der Waals surface area contributed by atoms with Crippen molar-refractivity contribution in [1.82, 2.24) is 0 Å². The van der Waals surface area contributed by atoms with Gasteiger partial charge in [0.15, 0.2) is 0 Å². The Labute approximate surface area is 98.2 Å². The van der Waals surface area contributed by atoms with Gasteiger partial charge in [-0.2, -0.15) is 5.26 Å². The van der Waals surface area contributed by atoms with Crippen LogP contribution in [0.1, 0.15) is 12.5 Å². The smallest absolute Gasteiger partial charge is 0.103 e. The lowest BCUT2D eigenvalue weighted by molar-refractivity contribution is 0.129. The molecule has 0 spiro atoms. The number of hydrogen-bond acceptors (Lipinski definition) is 3. The van der Waals surface area contributed by atoms with Crippen molar-refractivity contribution in [2.24, 2.45) is 0 Å². The standard InChI is InChI=1S/C11H13BrN2O/c1-8(15-2)7-14-11-5-3-4-10(12)9(11)6-13/h3-5,8,14H,7H2,1-2H3. The summed E-state index contributed by atoms with van der Waals surface area (Å²) in [5.74, 6) is 0. The third kappa shape index (κ3) is 3.22. The van der Waals surface area contributed by atoms with E-state index in [0.717, 1.165) is 10.2 Å². The summed E-state index contributed by atoms with van der Waals surface area (Å²) in [6, 6.07) is 7.78. The Morgan fingerprint density at radius 2 is 2.33 bits per heavy atom. The highest BCUT2D eigenvalue weighted by Gasteiger charge is 2.06. The molecule has 0 heterocycles. The first-order valence-corrected chi connectivity index (χ1v) is 5.43. The van der Waals surface area contributed by atoms with Gasteiger partial charge in [-0.25, -0.2) is 0 Å². The predicted molar refractivity (Wildman–Crippen MR) is 63.8 cm³/mol. The van der Waals surface area contributed by atoms with E-state index in [9.17, 15) is 0 Å². The van der Waals surface area contributed by atoms with Crippen molar-refractivity contribution in [3.8, 4) is 6.07 Å². The molecule has 1 N–H and O–H groups in total. The zero-order valence-electron chi connectivity index (χ0n) is 8.75. The van der Waals surface area contributed by atoms with Crippen LogP contribution in [0.4, 0.5) is 5.69 Å². The third-order valence-electron chi connectivity index (χ3n) is 2.11. The molecule has 1 unspecified atom stereocenters. The van der Waals surface area contributed by atoms with Crippen molar-refractivity contribution in [2.75, 3.05) is 19.0 Å². The quantitative estimate of drug-likeness (QED) is 0.914. The van der Waals surface area contributed by atoms with Crippen LogP contribution in [0.3, 0.4) is 0 Å². The number of nitriles is 1. The molecule has 1 atom stereocenters. The van der Waals surface area contributed by atoms with E-state index in [1.807, 2.05) is 25.1 Å². The van der Waals surface area contributed by atoms with Crippen molar-refractivity contribution in [3.05, 3.63) is 28.2 Å². The molecular formula is C11H13BrN2O. The summed E-state index contributed by atoms with van der Waals surface area (Å²) < 4.78 is 5.92. The molecule has 0 saturated heterocycles. The SMILES string of the molecule is COC(C)CNc1cccc(Br)c1C#N. The highest BCUT2D eigenvalue weighted by Crippen LogP contribution is 2.23. The minimum atomic E-state index is 0.121. The second-order valence-corrected chi connectivity index (χ2v) is 4.06. The fourth-order valence-corrected chi connectivity index (χ4v) is 1.58. The number of nitrogens with zero attached hydrogens (tertiary/aromatic N) is 1. The van der Waals surface area contributed by atoms with Crippen LogP contribution in [0.25, 0.3) is 0 Å². The molecular weight excluding hydrogens is 256 g/mol. The van der Waals surface area contributed by atoms with Crippen molar-refractivity contribution in [3.63, 3.8) is 0 Å². The molecule has 0 aliphatic carbocycles. The average molecular weight is 269 g/mol. The van der Waals surface area contributed by atoms with Gasteiger partial charge < -0.3 is 10.1 Å². The summed E-state index contributed by atoms with van der Waals surface area (Å²) in [5.41, 5.74) is 1.46. The summed E-state index contributed by atoms with van der Waals surface area (Å²) in [5, 5.41) is 12.1. The molecule has 0 saturated carbocycles. The first-order valence-electron chi connectivity index (χ1n) is 4.64. The molecule has 4 heteroatoms. The number of rotatable bonds is 4. The molecule has 15 heavy (non-hydrogen) atoms. The van der Waals surface area contributed by atoms with Gasteiger partial charge in [0.25, 0.3) is 0 Å². The van der Waals surface area contributed by atoms with Gasteiger partial charge in [0.2, 0.25) is 0 Å². The number of halogens is 1. The zero-order chi connectivity index (χ0) is 11.3. The number of methoxy groups -OCH3 is 1. The van der Waals surface area contributed by atoms with E-state index in [4.69, 9.17) is 10.00 Å². The lowest BCUT2D eigenvalue weighted by atomic mass is 10.2. The Hall–Kier alpha value is -1.05. The highest BCUT2D eigenvalue weighted by atomic mass is 79.9. The first kappa shape index (κ1) is 12.0. The molecule has 0 bridgehead atoms. The number of hydrogen-bond donors (Lipinski definition) is 1. The van der Waals surface area contributed by atoms with Gasteiger partial charge >= 0.3 is 0 Å². The maximum atomic E-state index is 8.97. The van der Waals surface area contributed by atoms with Crippen LogP contribution in [0.15, 0.2) is 22.7 Å². The molecule has 0 amide bonds. The fourth-order valence-electron chi connectivity index (χ4n) is 1.12. The van der Waals surface area contributed by atoms with E-state index in [-0.39, 0.29) is 6.10 Å². The maximum absolute atomic E-state index is 8.97. The summed E-state index contributed by atoms with van der Waals surface area (Å²) in [6.07, 6.45) is 0.121. The molecule has 0 aliphatic rings. The van der Waals surface area contributed by atoms with Crippen LogP contribution in [0.5, 0.6) is 0 Å². The van der Waals surface area contributed by atoms with E-state index in [2.05, 4.69) is 27.3 Å². The Morgan fingerprint density at radius 3 is 2.93 bits per heavy atom. The summed E-state index contributed by atoms with van der Waals surface area (Å²) >= 11 is 3.34. The maximum Gasteiger partial charge on any atom is 0.103 e. The van der Waals surface area contributed by atoms with E-state index in [1.165, 1.54) is 0 Å². The topological polar surface area (TPSA) is 45.0 Å². The van der Waals surface area contributed by atoms with Gasteiger partial charge in [0, 0.05) is 18.1 Å². The lowest BCUT2D eigenvalue weighted by Crippen LogP contribution is -2.18. The van der Waals surface area contributed by atoms with E-state index < -0.39 is 0 Å². The zero-order valence-corrected chi connectivity index (χ0v) is 10.3. The van der Waals surface area contributed by atoms with E-state index in [1.54, 1.807) is 7.11 Å². The Kier molecular flexibility index (Phi) is 4.60. The fraction of sp³-hybridized carbons (Fsp3) is 0.364. The largest absolute Gasteiger partial charge is 0.381 e. The normalized spacial score (nSPS) is 11.9. The molecule has 1 rings (SSSR count). The van der Waals surface area contributed by atoms with Gasteiger partial charge in [-0.15, -0.1) is 0 Å². The first-order chi connectivity index (χ1) is 7.19. The summed E-state index contributed by atoms with van der Waals surface area (Å²) in [6.45, 7) is 2.65. The van der Waals surface area contributed by atoms with Crippen LogP contribution < -0.4 is 5.32 Å². The summed E-state index contributed by atoms with van der Waals surface area (Å²) in [4.78, 5) is 0. The Morgan fingerprint density at radius 1 is 1.60 bits per heavy atom. The van der Waals surface area contributed by atoms with E-state index in [0.29, 0.717) is 12.1 Å². The minimum Gasteiger partial charge on any atom is -0.381 e. The van der Waals surface area contributed by atoms with Crippen LogP contribution in [0, 0.1) is 11.3 Å². The molecule has 0 aliphatic heterocycles. The third-order valence-corrected chi connectivity index (χ3v) is 2.77. The lowest BCUT2D eigenvalue weighted by Gasteiger charge is -2.13. The molecule has 0 aromatic heterocycles. The molecule has 0 radical (unpaired) electrons. The Balaban J connectivity index is 2.77. The van der Waals surface area contributed by atoms with Crippen LogP contribution >= 0.6 is 15.9 Å². The summed E-state index contributed by atoms with van der Waals surface area (Å²) in [7, 11) is 1.67. The van der Waals surface area contributed by atoms with Crippen LogP contribution in [0.2, 0.25) is 0 Å². The predicted octanol–water partition coefficient (Wildman–Crippen LogP) is 2.77. The molecule has 0 fully saturated rings. The van der Waals surface area contributed by atoms with Gasteiger partial charge in [-0.1, -0.05) is 6.07 Å². The second-order valence-electron chi connectivity index (χ2n) is 3.20. The second kappa shape index (κ2) is 5.74. The molecule has 3 nitrogen and oxygen atoms in total. The molecule has 1 aromatic rings. The van der Waals surface area contributed by atoms with Crippen molar-refractivity contribution < 1.29 is 4.74 Å². The van der Waals surface area contributed by atoms with Crippen molar-refractivity contribution in [1.29, 1.82) is 5.26 Å². The highest BCUT2D eigenvalue weighted by molar-refractivity contribution is 9.10. The molecule has 80 valence electrons. The van der Waals surface area contributed by atoms with Crippen molar-refractivity contribution in [2.45, 2.75) is 13.0 Å². The average Bonchev–Trinajstić information content (AvgIpc) is 2.25. The minimum absolute atomic E-state index is 0.121. The van der Waals surface area contributed by atoms with Crippen LogP contribution in [-0.2, 0) is 4.74 Å². The van der Waals surface area contributed by atoms with Gasteiger partial charge in [-0.3, -0.25) is 0 Å². The van der Waals surface area contributed by atoms with Crippen molar-refractivity contribution >= 4 is 21.6 Å². The number of anilines is 1. The monoisotopic (exact) mass is 268 g/mol. The number of nitrogens with one attached hydrogen (secondary N) is 1. The number of benzene rings is 1. The van der Waals surface area contributed by atoms with Gasteiger partial charge in [-0.05, 0) is 35.0 Å². The number of ether oxygens (including phenoxy) is 1. The molecule has 1 aromatic carbocycles. The van der Waals surface area contributed by atoms with Gasteiger partial charge in [0.1, 0.15) is 6.07 Å². The van der Waals surface area contributed by atoms with Crippen LogP contribution in [-0.4, -0.2) is 19.8 Å².